The van der Waals surface area contributed by atoms with E-state index in [2.05, 4.69) is 20.6 Å². The van der Waals surface area contributed by atoms with E-state index >= 15 is 0 Å². The van der Waals surface area contributed by atoms with E-state index in [4.69, 9.17) is 4.74 Å². The number of β-lactam (4-membered cyclic amide) rings is 1. The average molecular weight is 578 g/mol. The lowest BCUT2D eigenvalue weighted by molar-refractivity contribution is -0.151. The van der Waals surface area contributed by atoms with Gasteiger partial charge in [0.15, 0.2) is 0 Å². The third kappa shape index (κ3) is 5.28. The molecule has 0 saturated carbocycles. The van der Waals surface area contributed by atoms with Gasteiger partial charge in [-0.15, -0.1) is 11.8 Å². The molecule has 2 aliphatic heterocycles. The van der Waals surface area contributed by atoms with Crippen LogP contribution in [0.15, 0.2) is 70.9 Å². The van der Waals surface area contributed by atoms with Crippen molar-refractivity contribution in [2.75, 3.05) is 12.4 Å². The van der Waals surface area contributed by atoms with Crippen LogP contribution >= 0.6 is 11.8 Å². The van der Waals surface area contributed by atoms with Gasteiger partial charge >= 0.3 is 11.9 Å². The van der Waals surface area contributed by atoms with E-state index in [1.54, 1.807) is 42.5 Å². The first-order valence-corrected chi connectivity index (χ1v) is 13.4. The van der Waals surface area contributed by atoms with Gasteiger partial charge < -0.3 is 25.5 Å². The number of rotatable bonds is 8. The van der Waals surface area contributed by atoms with Crippen LogP contribution < -0.4 is 16.1 Å². The third-order valence-corrected chi connectivity index (χ3v) is 7.89. The molecule has 0 radical (unpaired) electrons. The van der Waals surface area contributed by atoms with Gasteiger partial charge in [0.1, 0.15) is 40.8 Å². The molecule has 2 aromatic heterocycles. The van der Waals surface area contributed by atoms with Crippen molar-refractivity contribution in [3.63, 3.8) is 0 Å². The highest BCUT2D eigenvalue weighted by molar-refractivity contribution is 8.00. The van der Waals surface area contributed by atoms with Crippen molar-refractivity contribution >= 4 is 52.5 Å². The second-order valence-corrected chi connectivity index (χ2v) is 10.3. The maximum atomic E-state index is 13.5. The standard InChI is InChI=1S/C27H23N5O8S/c1-13(33)40-11-15-12-41-26-20(25(37)32(26)21(15)27(38)39)31-24(36)18(14-6-3-2-4-7-14)30-23(35)16-10-29-17-8-5-9-28-19(17)22(16)34/h2-10,18,20,26H,11-12H2,1H3,(H,29,34)(H,30,35)(H,31,36)(H,38,39)/t18?,20-,26-/m1/s1. The number of hydrogen-bond acceptors (Lipinski definition) is 9. The molecule has 1 unspecified atom stereocenters. The van der Waals surface area contributed by atoms with Crippen LogP contribution in [-0.4, -0.2) is 73.4 Å². The van der Waals surface area contributed by atoms with Crippen LogP contribution in [0.4, 0.5) is 0 Å². The summed E-state index contributed by atoms with van der Waals surface area (Å²) in [6, 6.07) is 9.17. The molecule has 3 atom stereocenters. The lowest BCUT2D eigenvalue weighted by atomic mass is 10.0. The smallest absolute Gasteiger partial charge is 0.352 e. The Morgan fingerprint density at radius 3 is 2.63 bits per heavy atom. The van der Waals surface area contributed by atoms with Gasteiger partial charge in [0, 0.05) is 30.6 Å². The van der Waals surface area contributed by atoms with Gasteiger partial charge in [0.05, 0.1) is 5.52 Å². The summed E-state index contributed by atoms with van der Waals surface area (Å²) in [7, 11) is 0. The molecule has 5 rings (SSSR count). The molecule has 4 N–H and O–H groups in total. The predicted molar refractivity (Wildman–Crippen MR) is 145 cm³/mol. The summed E-state index contributed by atoms with van der Waals surface area (Å²) < 4.78 is 4.93. The normalized spacial score (nSPS) is 18.7. The molecule has 3 aromatic rings. The van der Waals surface area contributed by atoms with Gasteiger partial charge in [-0.05, 0) is 17.7 Å². The van der Waals surface area contributed by atoms with Crippen LogP contribution in [0, 0.1) is 0 Å². The largest absolute Gasteiger partial charge is 0.477 e. The van der Waals surface area contributed by atoms with Crippen LogP contribution in [0.2, 0.25) is 0 Å². The second-order valence-electron chi connectivity index (χ2n) is 9.18. The van der Waals surface area contributed by atoms with Crippen molar-refractivity contribution in [3.8, 4) is 0 Å². The number of carboxylic acid groups (broad SMARTS) is 1. The second kappa shape index (κ2) is 11.3. The van der Waals surface area contributed by atoms with Gasteiger partial charge in [-0.3, -0.25) is 33.9 Å². The molecule has 1 saturated heterocycles. The number of aromatic amines is 1. The minimum Gasteiger partial charge on any atom is -0.477 e. The Hall–Kier alpha value is -4.98. The molecule has 210 valence electrons. The highest BCUT2D eigenvalue weighted by Gasteiger charge is 2.54. The molecular weight excluding hydrogens is 554 g/mol. The molecule has 3 amide bonds. The van der Waals surface area contributed by atoms with Crippen molar-refractivity contribution in [1.82, 2.24) is 25.5 Å². The lowest BCUT2D eigenvalue weighted by Crippen LogP contribution is -2.71. The van der Waals surface area contributed by atoms with Gasteiger partial charge in [-0.1, -0.05) is 30.3 Å². The number of nitrogens with one attached hydrogen (secondary N) is 3. The minimum atomic E-state index is -1.36. The van der Waals surface area contributed by atoms with Gasteiger partial charge in [-0.2, -0.15) is 0 Å². The van der Waals surface area contributed by atoms with E-state index in [0.29, 0.717) is 11.1 Å². The van der Waals surface area contributed by atoms with Crippen molar-refractivity contribution in [3.05, 3.63) is 87.5 Å². The predicted octanol–water partition coefficient (Wildman–Crippen LogP) is 0.696. The summed E-state index contributed by atoms with van der Waals surface area (Å²) in [6.07, 6.45) is 2.66. The molecule has 4 heterocycles. The van der Waals surface area contributed by atoms with E-state index in [1.165, 1.54) is 31.1 Å². The third-order valence-electron chi connectivity index (χ3n) is 6.55. The zero-order valence-electron chi connectivity index (χ0n) is 21.5. The Morgan fingerprint density at radius 2 is 1.93 bits per heavy atom. The number of fused-ring (bicyclic) bond motifs is 2. The van der Waals surface area contributed by atoms with E-state index in [-0.39, 0.29) is 34.7 Å². The average Bonchev–Trinajstić information content (AvgIpc) is 2.97. The first-order valence-electron chi connectivity index (χ1n) is 12.3. The number of carbonyl (C=O) groups excluding carboxylic acids is 4. The number of pyridine rings is 2. The highest BCUT2D eigenvalue weighted by atomic mass is 32.2. The molecular formula is C27H23N5O8S. The van der Waals surface area contributed by atoms with Crippen LogP contribution in [0.3, 0.4) is 0 Å². The molecule has 14 heteroatoms. The Balaban J connectivity index is 1.37. The van der Waals surface area contributed by atoms with Crippen LogP contribution in [0.1, 0.15) is 28.9 Å². The van der Waals surface area contributed by atoms with E-state index in [0.717, 1.165) is 4.90 Å². The summed E-state index contributed by atoms with van der Waals surface area (Å²) in [6.45, 7) is 0.915. The quantitative estimate of drug-likeness (QED) is 0.219. The molecule has 0 bridgehead atoms. The summed E-state index contributed by atoms with van der Waals surface area (Å²) in [5, 5.41) is 14.2. The van der Waals surface area contributed by atoms with E-state index < -0.39 is 52.5 Å². The topological polar surface area (TPSA) is 188 Å². The maximum absolute atomic E-state index is 13.5. The number of aliphatic carboxylic acids is 1. The number of ether oxygens (including phenoxy) is 1. The van der Waals surface area contributed by atoms with E-state index in [9.17, 15) is 33.9 Å². The summed E-state index contributed by atoms with van der Waals surface area (Å²) in [5.41, 5.74) is -0.0104. The molecule has 13 nitrogen and oxygen atoms in total. The number of aromatic nitrogens is 2. The fourth-order valence-electron chi connectivity index (χ4n) is 4.59. The molecule has 1 aromatic carbocycles. The Kier molecular flexibility index (Phi) is 7.57. The van der Waals surface area contributed by atoms with Crippen LogP contribution in [-0.2, 0) is 23.9 Å². The molecule has 0 spiro atoms. The van der Waals surface area contributed by atoms with Crippen molar-refractivity contribution in [1.29, 1.82) is 0 Å². The number of carboxylic acids is 1. The molecule has 0 aliphatic carbocycles. The number of hydrogen-bond donors (Lipinski definition) is 4. The monoisotopic (exact) mass is 577 g/mol. The van der Waals surface area contributed by atoms with Gasteiger partial charge in [0.25, 0.3) is 11.8 Å². The minimum absolute atomic E-state index is 0.0608. The number of H-pyrrole nitrogens is 1. The Bertz CT molecular complexity index is 1670. The van der Waals surface area contributed by atoms with Crippen molar-refractivity contribution < 1.29 is 33.8 Å². The molecule has 41 heavy (non-hydrogen) atoms. The summed E-state index contributed by atoms with van der Waals surface area (Å²) >= 11 is 1.21. The fourth-order valence-corrected chi connectivity index (χ4v) is 5.92. The number of esters is 1. The van der Waals surface area contributed by atoms with E-state index in [1.807, 2.05) is 0 Å². The Labute approximate surface area is 236 Å². The first-order chi connectivity index (χ1) is 19.7. The molecule has 1 fully saturated rings. The summed E-state index contributed by atoms with van der Waals surface area (Å²) in [4.78, 5) is 83.8. The van der Waals surface area contributed by atoms with Gasteiger partial charge in [-0.25, -0.2) is 4.79 Å². The number of carbonyl (C=O) groups is 5. The Morgan fingerprint density at radius 1 is 1.17 bits per heavy atom. The first kappa shape index (κ1) is 27.6. The zero-order chi connectivity index (χ0) is 29.3. The molecule has 2 aliphatic rings. The number of thioether (sulfide) groups is 1. The number of nitrogens with zero attached hydrogens (tertiary/aromatic N) is 2. The maximum Gasteiger partial charge on any atom is 0.352 e. The van der Waals surface area contributed by atoms with Gasteiger partial charge in [0.2, 0.25) is 11.3 Å². The summed E-state index contributed by atoms with van der Waals surface area (Å²) in [5.74, 6) is -4.02. The lowest BCUT2D eigenvalue weighted by Gasteiger charge is -2.49. The highest BCUT2D eigenvalue weighted by Crippen LogP contribution is 2.40. The van der Waals surface area contributed by atoms with Crippen LogP contribution in [0.25, 0.3) is 11.0 Å². The van der Waals surface area contributed by atoms with Crippen LogP contribution in [0.5, 0.6) is 0 Å². The number of amides is 3. The number of benzene rings is 1. The van der Waals surface area contributed by atoms with Crippen molar-refractivity contribution in [2.24, 2.45) is 0 Å². The SMILES string of the molecule is CC(=O)OCC1=C(C(=O)O)N2C(=O)[C@@H](NC(=O)C(NC(=O)c3c[nH]c4cccnc4c3=O)c3ccccc3)[C@H]2SC1. The zero-order valence-corrected chi connectivity index (χ0v) is 22.3. The fraction of sp³-hybridized carbons (Fsp3) is 0.222. The van der Waals surface area contributed by atoms with Crippen molar-refractivity contribution in [2.45, 2.75) is 24.4 Å².